The Labute approximate surface area is 224 Å². The Balaban J connectivity index is 1.25. The number of hydrogen-bond donors (Lipinski definition) is 1. The lowest BCUT2D eigenvalue weighted by atomic mass is 9.72. The molecule has 0 radical (unpaired) electrons. The molecule has 3 aliphatic heterocycles. The van der Waals surface area contributed by atoms with Crippen molar-refractivity contribution in [2.75, 3.05) is 5.32 Å². The van der Waals surface area contributed by atoms with Crippen LogP contribution in [0, 0.1) is 23.2 Å². The van der Waals surface area contributed by atoms with E-state index in [9.17, 15) is 19.6 Å². The molecule has 1 N–H and O–H groups in total. The third-order valence-electron chi connectivity index (χ3n) is 7.95. The monoisotopic (exact) mass is 513 g/mol. The van der Waals surface area contributed by atoms with Crippen LogP contribution in [-0.4, -0.2) is 40.4 Å². The number of nitrogens with one attached hydrogen (secondary N) is 1. The van der Waals surface area contributed by atoms with Crippen LogP contribution in [0.1, 0.15) is 64.0 Å². The van der Waals surface area contributed by atoms with Crippen molar-refractivity contribution in [2.24, 2.45) is 11.8 Å². The van der Waals surface area contributed by atoms with Crippen LogP contribution in [0.15, 0.2) is 42.5 Å². The fraction of sp³-hybridized carbons (Fsp3) is 0.484. The highest BCUT2D eigenvalue weighted by atomic mass is 16.6. The average Bonchev–Trinajstić information content (AvgIpc) is 3.27. The number of ether oxygens (including phenoxy) is 1. The molecule has 0 spiro atoms. The van der Waals surface area contributed by atoms with Crippen LogP contribution in [0.4, 0.5) is 10.5 Å². The summed E-state index contributed by atoms with van der Waals surface area (Å²) in [4.78, 5) is 40.0. The summed E-state index contributed by atoms with van der Waals surface area (Å²) in [5.74, 6) is -0.350. The Morgan fingerprint density at radius 1 is 1.08 bits per heavy atom. The zero-order chi connectivity index (χ0) is 27.0. The number of anilines is 1. The lowest BCUT2D eigenvalue weighted by molar-refractivity contribution is -0.133. The minimum absolute atomic E-state index is 0.0138. The van der Waals surface area contributed by atoms with E-state index in [1.807, 2.05) is 63.2 Å². The van der Waals surface area contributed by atoms with Gasteiger partial charge in [0.25, 0.3) is 0 Å². The van der Waals surface area contributed by atoms with E-state index < -0.39 is 23.7 Å². The normalized spacial score (nSPS) is 22.8. The Kier molecular flexibility index (Phi) is 7.00. The maximum absolute atomic E-state index is 13.6. The summed E-state index contributed by atoms with van der Waals surface area (Å²) in [5.41, 5.74) is 4.29. The van der Waals surface area contributed by atoms with Gasteiger partial charge in [-0.3, -0.25) is 14.5 Å². The fourth-order valence-corrected chi connectivity index (χ4v) is 6.20. The summed E-state index contributed by atoms with van der Waals surface area (Å²) in [7, 11) is 0. The molecule has 3 fully saturated rings. The summed E-state index contributed by atoms with van der Waals surface area (Å²) in [6.45, 7) is 5.51. The Bertz CT molecular complexity index is 1280. The number of ketones is 1. The molecule has 2 bridgehead atoms. The lowest BCUT2D eigenvalue weighted by Crippen LogP contribution is -2.61. The Morgan fingerprint density at radius 3 is 2.42 bits per heavy atom. The van der Waals surface area contributed by atoms with Crippen LogP contribution in [0.25, 0.3) is 11.1 Å². The topological polar surface area (TPSA) is 99.5 Å². The van der Waals surface area contributed by atoms with Crippen molar-refractivity contribution < 1.29 is 19.1 Å². The number of amides is 2. The summed E-state index contributed by atoms with van der Waals surface area (Å²) in [5, 5.41) is 12.8. The Morgan fingerprint density at radius 2 is 1.76 bits per heavy atom. The van der Waals surface area contributed by atoms with E-state index >= 15 is 0 Å². The quantitative estimate of drug-likeness (QED) is 0.537. The molecule has 2 atom stereocenters. The van der Waals surface area contributed by atoms with Gasteiger partial charge in [0.15, 0.2) is 5.78 Å². The van der Waals surface area contributed by atoms with Gasteiger partial charge in [0.2, 0.25) is 5.91 Å². The van der Waals surface area contributed by atoms with Crippen molar-refractivity contribution in [1.29, 1.82) is 5.26 Å². The minimum atomic E-state index is -0.628. The van der Waals surface area contributed by atoms with Crippen LogP contribution in [-0.2, 0) is 27.2 Å². The maximum Gasteiger partial charge on any atom is 0.411 e. The van der Waals surface area contributed by atoms with E-state index in [0.29, 0.717) is 12.8 Å². The van der Waals surface area contributed by atoms with Crippen LogP contribution in [0.2, 0.25) is 0 Å². The molecular weight excluding hydrogens is 478 g/mol. The first-order valence-electron chi connectivity index (χ1n) is 13.6. The lowest BCUT2D eigenvalue weighted by Gasteiger charge is -2.50. The van der Waals surface area contributed by atoms with Crippen LogP contribution >= 0.6 is 0 Å². The van der Waals surface area contributed by atoms with Crippen molar-refractivity contribution in [1.82, 2.24) is 4.90 Å². The number of carbonyl (C=O) groups excluding carboxylic acids is 3. The van der Waals surface area contributed by atoms with Crippen molar-refractivity contribution in [2.45, 2.75) is 83.4 Å². The van der Waals surface area contributed by atoms with Crippen molar-refractivity contribution in [3.05, 3.63) is 53.6 Å². The molecule has 4 aliphatic rings. The zero-order valence-electron chi connectivity index (χ0n) is 22.3. The Hall–Kier alpha value is -3.66. The first kappa shape index (κ1) is 26.0. The van der Waals surface area contributed by atoms with E-state index in [1.54, 1.807) is 4.90 Å². The number of nitriles is 1. The van der Waals surface area contributed by atoms with Gasteiger partial charge in [-0.25, -0.2) is 4.79 Å². The van der Waals surface area contributed by atoms with Gasteiger partial charge in [-0.15, -0.1) is 0 Å². The van der Waals surface area contributed by atoms with E-state index in [0.717, 1.165) is 53.6 Å². The molecule has 1 aliphatic carbocycles. The minimum Gasteiger partial charge on any atom is -0.444 e. The molecule has 2 saturated heterocycles. The maximum atomic E-state index is 13.6. The van der Waals surface area contributed by atoms with Crippen LogP contribution in [0.3, 0.4) is 0 Å². The third kappa shape index (κ3) is 5.45. The molecule has 2 aromatic rings. The summed E-state index contributed by atoms with van der Waals surface area (Å²) >= 11 is 0. The number of hydrogen-bond acceptors (Lipinski definition) is 5. The van der Waals surface area contributed by atoms with Gasteiger partial charge >= 0.3 is 6.09 Å². The van der Waals surface area contributed by atoms with Gasteiger partial charge in [-0.05, 0) is 93.2 Å². The fourth-order valence-electron chi connectivity index (χ4n) is 6.20. The van der Waals surface area contributed by atoms with Gasteiger partial charge in [0.05, 0.1) is 24.4 Å². The molecule has 0 aromatic heterocycles. The standard InChI is InChI=1S/C31H35N3O4/c1-31(2,3)38-30(37)34-25-11-8-22(9-12-25)29(34)27(35)15-20(18-32)14-19-4-6-21(7-5-19)23-10-13-26-24(16-23)17-28(36)33-26/h4-7,10,13,16,20,22,25,29H,8-9,11-12,14-15,17H2,1-3H3,(H,33,36)/t20-,22?,25?,29+/m1/s1. The van der Waals surface area contributed by atoms with E-state index in [4.69, 9.17) is 4.74 Å². The van der Waals surface area contributed by atoms with Gasteiger partial charge < -0.3 is 10.1 Å². The third-order valence-corrected chi connectivity index (χ3v) is 7.95. The number of rotatable bonds is 6. The molecule has 7 heteroatoms. The zero-order valence-corrected chi connectivity index (χ0v) is 22.3. The molecule has 6 rings (SSSR count). The smallest absolute Gasteiger partial charge is 0.411 e. The largest absolute Gasteiger partial charge is 0.444 e. The molecule has 7 nitrogen and oxygen atoms in total. The molecule has 198 valence electrons. The number of carbonyl (C=O) groups is 3. The van der Waals surface area contributed by atoms with Gasteiger partial charge in [0, 0.05) is 18.2 Å². The highest BCUT2D eigenvalue weighted by molar-refractivity contribution is 5.99. The number of benzene rings is 2. The first-order valence-corrected chi connectivity index (χ1v) is 13.6. The summed E-state index contributed by atoms with van der Waals surface area (Å²) in [6, 6.07) is 15.8. The number of nitrogens with zero attached hydrogens (tertiary/aromatic N) is 2. The number of Topliss-reactive ketones (excluding diaryl/α,β-unsaturated/α-hetero) is 1. The number of piperidine rings is 2. The van der Waals surface area contributed by atoms with Gasteiger partial charge in [-0.2, -0.15) is 5.26 Å². The first-order chi connectivity index (χ1) is 18.1. The van der Waals surface area contributed by atoms with Crippen molar-refractivity contribution in [3.8, 4) is 17.2 Å². The summed E-state index contributed by atoms with van der Waals surface area (Å²) in [6.07, 6.45) is 4.25. The SMILES string of the molecule is CC(C)(C)OC(=O)N1C2CCC(CC2)[C@H]1C(=O)C[C@H](C#N)Cc1ccc(-c2ccc3c(c2)CC(=O)N3)cc1. The van der Waals surface area contributed by atoms with E-state index in [-0.39, 0.29) is 30.1 Å². The van der Waals surface area contributed by atoms with Crippen LogP contribution < -0.4 is 5.32 Å². The second-order valence-electron chi connectivity index (χ2n) is 11.9. The van der Waals surface area contributed by atoms with Crippen LogP contribution in [0.5, 0.6) is 0 Å². The molecule has 3 heterocycles. The number of fused-ring (bicyclic) bond motifs is 4. The van der Waals surface area contributed by atoms with E-state index in [2.05, 4.69) is 11.4 Å². The molecule has 2 amide bonds. The second-order valence-corrected chi connectivity index (χ2v) is 11.9. The second kappa shape index (κ2) is 10.2. The van der Waals surface area contributed by atoms with Crippen molar-refractivity contribution in [3.63, 3.8) is 0 Å². The molecule has 2 aromatic carbocycles. The highest BCUT2D eigenvalue weighted by Crippen LogP contribution is 2.41. The van der Waals surface area contributed by atoms with Gasteiger partial charge in [0.1, 0.15) is 5.60 Å². The predicted octanol–water partition coefficient (Wildman–Crippen LogP) is 5.67. The summed E-state index contributed by atoms with van der Waals surface area (Å²) < 4.78 is 5.66. The average molecular weight is 514 g/mol. The molecular formula is C31H35N3O4. The van der Waals surface area contributed by atoms with Gasteiger partial charge in [-0.1, -0.05) is 30.3 Å². The molecule has 1 saturated carbocycles. The highest BCUT2D eigenvalue weighted by Gasteiger charge is 2.48. The molecule has 0 unspecified atom stereocenters. The molecule has 38 heavy (non-hydrogen) atoms. The van der Waals surface area contributed by atoms with E-state index in [1.165, 1.54) is 0 Å². The predicted molar refractivity (Wildman–Crippen MR) is 144 cm³/mol. The van der Waals surface area contributed by atoms with Crippen molar-refractivity contribution >= 4 is 23.5 Å².